The van der Waals surface area contributed by atoms with Crippen molar-refractivity contribution in [2.24, 2.45) is 0 Å². The molecule has 0 radical (unpaired) electrons. The van der Waals surface area contributed by atoms with Crippen molar-refractivity contribution < 1.29 is 14.1 Å². The first-order valence-electron chi connectivity index (χ1n) is 8.23. The van der Waals surface area contributed by atoms with E-state index in [9.17, 15) is 4.79 Å². The average Bonchev–Trinajstić information content (AvgIpc) is 3.20. The van der Waals surface area contributed by atoms with E-state index in [0.717, 1.165) is 12.8 Å². The van der Waals surface area contributed by atoms with Crippen LogP contribution in [0.25, 0.3) is 0 Å². The number of amides is 2. The van der Waals surface area contributed by atoms with Crippen molar-refractivity contribution in [3.63, 3.8) is 0 Å². The van der Waals surface area contributed by atoms with Crippen molar-refractivity contribution >= 4 is 6.03 Å². The summed E-state index contributed by atoms with van der Waals surface area (Å²) in [6.07, 6.45) is 1.45. The lowest BCUT2D eigenvalue weighted by atomic mass is 10.1. The van der Waals surface area contributed by atoms with E-state index in [-0.39, 0.29) is 18.2 Å². The largest absolute Gasteiger partial charge is 0.366 e. The number of rotatable bonds is 2. The predicted molar refractivity (Wildman–Crippen MR) is 85.5 cm³/mol. The zero-order valence-corrected chi connectivity index (χ0v) is 13.6. The first-order chi connectivity index (χ1) is 11.7. The Labute approximate surface area is 140 Å². The quantitative estimate of drug-likeness (QED) is 0.906. The Hall–Kier alpha value is -2.41. The Morgan fingerprint density at radius 2 is 2.04 bits per heavy atom. The maximum absolute atomic E-state index is 12.6. The summed E-state index contributed by atoms with van der Waals surface area (Å²) in [5.41, 5.74) is 2.65. The number of hydrogen-bond acceptors (Lipinski definition) is 5. The number of ether oxygens (including phenoxy) is 1. The van der Waals surface area contributed by atoms with Crippen LogP contribution in [0.2, 0.25) is 0 Å². The second kappa shape index (κ2) is 6.24. The van der Waals surface area contributed by atoms with Gasteiger partial charge in [0.15, 0.2) is 0 Å². The van der Waals surface area contributed by atoms with E-state index >= 15 is 0 Å². The highest BCUT2D eigenvalue weighted by Gasteiger charge is 2.30. The third kappa shape index (κ3) is 2.99. The fraction of sp³-hybridized carbons (Fsp3) is 0.471. The molecule has 1 fully saturated rings. The third-order valence-corrected chi connectivity index (χ3v) is 4.56. The van der Waals surface area contributed by atoms with Crippen LogP contribution in [-0.4, -0.2) is 46.8 Å². The fourth-order valence-electron chi connectivity index (χ4n) is 3.36. The van der Waals surface area contributed by atoms with Gasteiger partial charge in [0.25, 0.3) is 0 Å². The molecule has 1 saturated heterocycles. The first kappa shape index (κ1) is 15.1. The van der Waals surface area contributed by atoms with Crippen molar-refractivity contribution in [1.82, 2.24) is 20.4 Å². The second-order valence-corrected chi connectivity index (χ2v) is 6.30. The lowest BCUT2D eigenvalue weighted by Crippen LogP contribution is -2.50. The van der Waals surface area contributed by atoms with E-state index in [1.54, 1.807) is 11.8 Å². The number of urea groups is 1. The smallest absolute Gasteiger partial charge is 0.317 e. The van der Waals surface area contributed by atoms with Gasteiger partial charge in [0, 0.05) is 19.5 Å². The molecule has 7 nitrogen and oxygen atoms in total. The van der Waals surface area contributed by atoms with Crippen molar-refractivity contribution in [2.45, 2.75) is 31.9 Å². The number of morpholine rings is 1. The van der Waals surface area contributed by atoms with Crippen LogP contribution in [0, 0.1) is 6.92 Å². The molecule has 1 atom stereocenters. The molecule has 1 aliphatic heterocycles. The monoisotopic (exact) mass is 328 g/mol. The topological polar surface area (TPSA) is 80.5 Å². The Morgan fingerprint density at radius 1 is 1.29 bits per heavy atom. The molecular formula is C17H20N4O3. The van der Waals surface area contributed by atoms with Gasteiger partial charge >= 0.3 is 6.03 Å². The standard InChI is InChI=1S/C17H20N4O3/c1-11-18-16(20-24-11)15-10-21(6-7-23-15)17(22)19-14-8-12-4-2-3-5-13(12)9-14/h2-5,14-15H,6-10H2,1H3,(H,19,22)/t15-/m1/s1. The minimum atomic E-state index is -0.331. The number of nitrogens with zero attached hydrogens (tertiary/aromatic N) is 3. The molecule has 7 heteroatoms. The average molecular weight is 328 g/mol. The van der Waals surface area contributed by atoms with Crippen molar-refractivity contribution in [1.29, 1.82) is 0 Å². The molecule has 2 amide bonds. The molecule has 0 unspecified atom stereocenters. The summed E-state index contributed by atoms with van der Waals surface area (Å²) < 4.78 is 10.7. The highest BCUT2D eigenvalue weighted by molar-refractivity contribution is 5.75. The zero-order valence-electron chi connectivity index (χ0n) is 13.6. The van der Waals surface area contributed by atoms with E-state index in [4.69, 9.17) is 9.26 Å². The van der Waals surface area contributed by atoms with Crippen LogP contribution in [-0.2, 0) is 17.6 Å². The van der Waals surface area contributed by atoms with Crippen LogP contribution in [0.15, 0.2) is 28.8 Å². The lowest BCUT2D eigenvalue weighted by molar-refractivity contribution is -0.0212. The van der Waals surface area contributed by atoms with Gasteiger partial charge < -0.3 is 19.5 Å². The zero-order chi connectivity index (χ0) is 16.5. The maximum atomic E-state index is 12.6. The van der Waals surface area contributed by atoms with Gasteiger partial charge in [-0.25, -0.2) is 4.79 Å². The molecule has 0 spiro atoms. The lowest BCUT2D eigenvalue weighted by Gasteiger charge is -2.32. The van der Waals surface area contributed by atoms with Crippen LogP contribution in [0.5, 0.6) is 0 Å². The van der Waals surface area contributed by atoms with Gasteiger partial charge in [-0.1, -0.05) is 29.4 Å². The summed E-state index contributed by atoms with van der Waals surface area (Å²) in [7, 11) is 0. The van der Waals surface area contributed by atoms with Gasteiger partial charge in [0.1, 0.15) is 6.10 Å². The van der Waals surface area contributed by atoms with Gasteiger partial charge in [-0.05, 0) is 24.0 Å². The summed E-state index contributed by atoms with van der Waals surface area (Å²) in [5.74, 6) is 0.997. The summed E-state index contributed by atoms with van der Waals surface area (Å²) in [5, 5.41) is 7.03. The van der Waals surface area contributed by atoms with Gasteiger partial charge in [0.2, 0.25) is 11.7 Å². The van der Waals surface area contributed by atoms with Crippen LogP contribution < -0.4 is 5.32 Å². The molecule has 4 rings (SSSR count). The molecule has 0 bridgehead atoms. The summed E-state index contributed by atoms with van der Waals surface area (Å²) in [6.45, 7) is 3.21. The first-order valence-corrected chi connectivity index (χ1v) is 8.23. The van der Waals surface area contributed by atoms with Crippen LogP contribution in [0.3, 0.4) is 0 Å². The van der Waals surface area contributed by atoms with E-state index < -0.39 is 0 Å². The van der Waals surface area contributed by atoms with Gasteiger partial charge in [-0.15, -0.1) is 0 Å². The van der Waals surface area contributed by atoms with Gasteiger partial charge in [-0.2, -0.15) is 4.98 Å². The fourth-order valence-corrected chi connectivity index (χ4v) is 3.36. The number of fused-ring (bicyclic) bond motifs is 1. The number of carbonyl (C=O) groups is 1. The number of carbonyl (C=O) groups excluding carboxylic acids is 1. The maximum Gasteiger partial charge on any atom is 0.317 e. The van der Waals surface area contributed by atoms with Crippen molar-refractivity contribution in [2.75, 3.05) is 19.7 Å². The number of benzene rings is 1. The molecule has 126 valence electrons. The van der Waals surface area contributed by atoms with E-state index in [1.807, 2.05) is 12.1 Å². The van der Waals surface area contributed by atoms with Crippen LogP contribution >= 0.6 is 0 Å². The minimum Gasteiger partial charge on any atom is -0.366 e. The summed E-state index contributed by atoms with van der Waals surface area (Å²) in [6, 6.07) is 8.45. The number of nitrogens with one attached hydrogen (secondary N) is 1. The molecule has 0 saturated carbocycles. The van der Waals surface area contributed by atoms with Crippen LogP contribution in [0.4, 0.5) is 4.79 Å². The number of hydrogen-bond donors (Lipinski definition) is 1. The van der Waals surface area contributed by atoms with Crippen LogP contribution in [0.1, 0.15) is 28.9 Å². The summed E-state index contributed by atoms with van der Waals surface area (Å²) >= 11 is 0. The molecule has 1 N–H and O–H groups in total. The highest BCUT2D eigenvalue weighted by atomic mass is 16.5. The summed E-state index contributed by atoms with van der Waals surface area (Å²) in [4.78, 5) is 18.5. The molecule has 1 aromatic carbocycles. The molecule has 2 heterocycles. The van der Waals surface area contributed by atoms with Gasteiger partial charge in [-0.3, -0.25) is 0 Å². The molecule has 1 aliphatic carbocycles. The number of aryl methyl sites for hydroxylation is 1. The normalized spacial score (nSPS) is 20.9. The van der Waals surface area contributed by atoms with Crippen molar-refractivity contribution in [3.05, 3.63) is 47.1 Å². The second-order valence-electron chi connectivity index (χ2n) is 6.30. The predicted octanol–water partition coefficient (Wildman–Crippen LogP) is 1.63. The SMILES string of the molecule is Cc1nc([C@H]2CN(C(=O)NC3Cc4ccccc4C3)CCO2)no1. The van der Waals surface area contributed by atoms with Gasteiger partial charge in [0.05, 0.1) is 13.2 Å². The Balaban J connectivity index is 1.36. The number of aromatic nitrogens is 2. The molecular weight excluding hydrogens is 308 g/mol. The minimum absolute atomic E-state index is 0.0543. The Bertz CT molecular complexity index is 720. The Morgan fingerprint density at radius 3 is 2.71 bits per heavy atom. The molecule has 2 aromatic rings. The molecule has 24 heavy (non-hydrogen) atoms. The molecule has 1 aromatic heterocycles. The third-order valence-electron chi connectivity index (χ3n) is 4.56. The van der Waals surface area contributed by atoms with E-state index in [1.165, 1.54) is 11.1 Å². The highest BCUT2D eigenvalue weighted by Crippen LogP contribution is 2.23. The Kier molecular flexibility index (Phi) is 3.93. The van der Waals surface area contributed by atoms with E-state index in [0.29, 0.717) is 31.4 Å². The molecule has 2 aliphatic rings. The van der Waals surface area contributed by atoms with E-state index in [2.05, 4.69) is 27.6 Å². The van der Waals surface area contributed by atoms with Crippen molar-refractivity contribution in [3.8, 4) is 0 Å².